The number of hydrogen-bond donors (Lipinski definition) is 2. The monoisotopic (exact) mass is 407 g/mol. The number of ether oxygens (including phenoxy) is 1. The maximum absolute atomic E-state index is 13.2. The molecule has 0 bridgehead atoms. The van der Waals surface area contributed by atoms with Crippen molar-refractivity contribution in [2.24, 2.45) is 0 Å². The summed E-state index contributed by atoms with van der Waals surface area (Å²) in [5.41, 5.74) is 8.28. The third-order valence-electron chi connectivity index (χ3n) is 4.76. The number of cyclic esters (lactones) is 1. The van der Waals surface area contributed by atoms with Gasteiger partial charge in [-0.25, -0.2) is 9.48 Å². The summed E-state index contributed by atoms with van der Waals surface area (Å²) in [6.07, 6.45) is 1.99. The number of anilines is 2. The molecule has 4 rings (SSSR count). The Balaban J connectivity index is 1.69. The summed E-state index contributed by atoms with van der Waals surface area (Å²) in [6, 6.07) is 10.9. The number of nitrogens with zero attached hydrogens (tertiary/aromatic N) is 3. The molecule has 0 spiro atoms. The Labute approximate surface area is 170 Å². The molecule has 9 heteroatoms. The first-order valence-electron chi connectivity index (χ1n) is 8.91. The van der Waals surface area contributed by atoms with Crippen LogP contribution in [0.25, 0.3) is 5.69 Å². The standard InChI is InChI=1S/C20H17N5O3S/c1-11-14(10-23-25(11)12-5-3-2-4-6-12)17(26)18-16(22)13(9-21)19(29-18)24-15-7-8-28-20(15)27/h2-6,10,15,24H,7-8,22H2,1H3. The summed E-state index contributed by atoms with van der Waals surface area (Å²) in [7, 11) is 0. The minimum atomic E-state index is -0.550. The number of nitrogen functional groups attached to an aromatic ring is 1. The predicted molar refractivity (Wildman–Crippen MR) is 108 cm³/mol. The maximum Gasteiger partial charge on any atom is 0.328 e. The normalized spacial score (nSPS) is 15.7. The molecule has 3 N–H and O–H groups in total. The molecule has 29 heavy (non-hydrogen) atoms. The van der Waals surface area contributed by atoms with Gasteiger partial charge in [-0.15, -0.1) is 11.3 Å². The number of carbonyl (C=O) groups is 2. The highest BCUT2D eigenvalue weighted by atomic mass is 32.1. The average Bonchev–Trinajstić information content (AvgIpc) is 3.40. The van der Waals surface area contributed by atoms with Crippen molar-refractivity contribution in [1.82, 2.24) is 9.78 Å². The first-order valence-corrected chi connectivity index (χ1v) is 9.73. The zero-order chi connectivity index (χ0) is 20.5. The summed E-state index contributed by atoms with van der Waals surface area (Å²) in [5.74, 6) is -0.695. The fourth-order valence-corrected chi connectivity index (χ4v) is 4.27. The van der Waals surface area contributed by atoms with Crippen molar-refractivity contribution in [2.75, 3.05) is 17.7 Å². The molecule has 1 atom stereocenters. The number of carbonyl (C=O) groups excluding carboxylic acids is 2. The summed E-state index contributed by atoms with van der Waals surface area (Å²) >= 11 is 1.06. The fraction of sp³-hybridized carbons (Fsp3) is 0.200. The number of nitriles is 1. The number of rotatable bonds is 5. The molecular formula is C20H17N5O3S. The van der Waals surface area contributed by atoms with Crippen LogP contribution in [0.4, 0.5) is 10.7 Å². The van der Waals surface area contributed by atoms with E-state index in [-0.39, 0.29) is 27.9 Å². The van der Waals surface area contributed by atoms with Crippen LogP contribution in [0.3, 0.4) is 0 Å². The van der Waals surface area contributed by atoms with Crippen molar-refractivity contribution < 1.29 is 14.3 Å². The van der Waals surface area contributed by atoms with Gasteiger partial charge in [0.05, 0.1) is 35.4 Å². The van der Waals surface area contributed by atoms with E-state index in [1.54, 1.807) is 11.6 Å². The lowest BCUT2D eigenvalue weighted by Crippen LogP contribution is -2.24. The van der Waals surface area contributed by atoms with Crippen LogP contribution >= 0.6 is 11.3 Å². The molecule has 1 aliphatic heterocycles. The van der Waals surface area contributed by atoms with Crippen LogP contribution in [0.5, 0.6) is 0 Å². The van der Waals surface area contributed by atoms with Gasteiger partial charge < -0.3 is 15.8 Å². The van der Waals surface area contributed by atoms with E-state index in [0.29, 0.717) is 29.3 Å². The molecule has 1 fully saturated rings. The van der Waals surface area contributed by atoms with E-state index in [2.05, 4.69) is 10.4 Å². The van der Waals surface area contributed by atoms with E-state index in [1.807, 2.05) is 36.4 Å². The van der Waals surface area contributed by atoms with Gasteiger partial charge in [-0.05, 0) is 19.1 Å². The van der Waals surface area contributed by atoms with E-state index in [4.69, 9.17) is 10.5 Å². The molecule has 0 amide bonds. The first kappa shape index (κ1) is 18.7. The minimum Gasteiger partial charge on any atom is -0.464 e. The Kier molecular flexibility index (Phi) is 4.78. The highest BCUT2D eigenvalue weighted by Crippen LogP contribution is 2.38. The number of thiophene rings is 1. The zero-order valence-electron chi connectivity index (χ0n) is 15.5. The second-order valence-electron chi connectivity index (χ2n) is 6.53. The van der Waals surface area contributed by atoms with E-state index in [9.17, 15) is 14.9 Å². The molecule has 3 heterocycles. The number of aromatic nitrogens is 2. The van der Waals surface area contributed by atoms with E-state index in [0.717, 1.165) is 17.0 Å². The molecule has 1 aromatic carbocycles. The molecule has 0 radical (unpaired) electrons. The van der Waals surface area contributed by atoms with Crippen LogP contribution in [0.2, 0.25) is 0 Å². The van der Waals surface area contributed by atoms with Gasteiger partial charge in [0, 0.05) is 6.42 Å². The number of ketones is 1. The maximum atomic E-state index is 13.2. The second-order valence-corrected chi connectivity index (χ2v) is 7.55. The van der Waals surface area contributed by atoms with E-state index in [1.165, 1.54) is 6.20 Å². The molecule has 0 aliphatic carbocycles. The van der Waals surface area contributed by atoms with Crippen LogP contribution < -0.4 is 11.1 Å². The molecule has 146 valence electrons. The van der Waals surface area contributed by atoms with Crippen LogP contribution in [0.15, 0.2) is 36.5 Å². The lowest BCUT2D eigenvalue weighted by molar-refractivity contribution is -0.138. The van der Waals surface area contributed by atoms with Gasteiger partial charge in [-0.2, -0.15) is 10.4 Å². The largest absolute Gasteiger partial charge is 0.464 e. The molecule has 1 unspecified atom stereocenters. The summed E-state index contributed by atoms with van der Waals surface area (Å²) in [5, 5.41) is 17.2. The van der Waals surface area contributed by atoms with E-state index < -0.39 is 6.04 Å². The van der Waals surface area contributed by atoms with Gasteiger partial charge >= 0.3 is 5.97 Å². The third-order valence-corrected chi connectivity index (χ3v) is 5.89. The van der Waals surface area contributed by atoms with Crippen LogP contribution in [-0.2, 0) is 9.53 Å². The lowest BCUT2D eigenvalue weighted by atomic mass is 10.1. The Hall–Kier alpha value is -3.64. The van der Waals surface area contributed by atoms with Crippen molar-refractivity contribution in [3.8, 4) is 11.8 Å². The van der Waals surface area contributed by atoms with Crippen LogP contribution in [0.1, 0.15) is 32.9 Å². The summed E-state index contributed by atoms with van der Waals surface area (Å²) in [6.45, 7) is 2.12. The van der Waals surface area contributed by atoms with Crippen molar-refractivity contribution in [3.05, 3.63) is 58.2 Å². The van der Waals surface area contributed by atoms with Gasteiger partial charge in [-0.1, -0.05) is 18.2 Å². The van der Waals surface area contributed by atoms with Gasteiger partial charge in [0.1, 0.15) is 27.6 Å². The van der Waals surface area contributed by atoms with Gasteiger partial charge in [-0.3, -0.25) is 4.79 Å². The smallest absolute Gasteiger partial charge is 0.328 e. The van der Waals surface area contributed by atoms with Crippen molar-refractivity contribution in [2.45, 2.75) is 19.4 Å². The molecule has 1 aliphatic rings. The third kappa shape index (κ3) is 3.23. The minimum absolute atomic E-state index is 0.100. The highest BCUT2D eigenvalue weighted by molar-refractivity contribution is 7.19. The molecule has 8 nitrogen and oxygen atoms in total. The van der Waals surface area contributed by atoms with Crippen molar-refractivity contribution >= 4 is 33.8 Å². The number of hydrogen-bond acceptors (Lipinski definition) is 8. The van der Waals surface area contributed by atoms with Crippen LogP contribution in [-0.4, -0.2) is 34.2 Å². The van der Waals surface area contributed by atoms with E-state index >= 15 is 0 Å². The quantitative estimate of drug-likeness (QED) is 0.492. The zero-order valence-corrected chi connectivity index (χ0v) is 16.3. The second kappa shape index (κ2) is 7.41. The molecule has 0 saturated carbocycles. The summed E-state index contributed by atoms with van der Waals surface area (Å²) < 4.78 is 6.61. The molecule has 2 aromatic heterocycles. The molecule has 3 aromatic rings. The number of benzene rings is 1. The van der Waals surface area contributed by atoms with Crippen LogP contribution in [0, 0.1) is 18.3 Å². The first-order chi connectivity index (χ1) is 14.0. The average molecular weight is 407 g/mol. The number of esters is 1. The number of nitrogens with two attached hydrogens (primary N) is 1. The fourth-order valence-electron chi connectivity index (χ4n) is 3.19. The van der Waals surface area contributed by atoms with Crippen molar-refractivity contribution in [1.29, 1.82) is 5.26 Å². The number of para-hydroxylation sites is 1. The number of nitrogens with one attached hydrogen (secondary N) is 1. The summed E-state index contributed by atoms with van der Waals surface area (Å²) in [4.78, 5) is 25.1. The topological polar surface area (TPSA) is 123 Å². The van der Waals surface area contributed by atoms with Gasteiger partial charge in [0.15, 0.2) is 0 Å². The Morgan fingerprint density at radius 3 is 2.83 bits per heavy atom. The highest BCUT2D eigenvalue weighted by Gasteiger charge is 2.30. The van der Waals surface area contributed by atoms with Crippen molar-refractivity contribution in [3.63, 3.8) is 0 Å². The lowest BCUT2D eigenvalue weighted by Gasteiger charge is -2.07. The Morgan fingerprint density at radius 1 is 1.41 bits per heavy atom. The molecule has 1 saturated heterocycles. The Morgan fingerprint density at radius 2 is 2.17 bits per heavy atom. The predicted octanol–water partition coefficient (Wildman–Crippen LogP) is 2.65. The van der Waals surface area contributed by atoms with Gasteiger partial charge in [0.2, 0.25) is 5.78 Å². The SMILES string of the molecule is Cc1c(C(=O)c2sc(NC3CCOC3=O)c(C#N)c2N)cnn1-c1ccccc1. The van der Waals surface area contributed by atoms with Gasteiger partial charge in [0.25, 0.3) is 0 Å². The Bertz CT molecular complexity index is 1140. The molecular weight excluding hydrogens is 390 g/mol.